The molecule has 104 valence electrons. The van der Waals surface area contributed by atoms with Gasteiger partial charge in [0, 0.05) is 33.1 Å². The second-order valence-electron chi connectivity index (χ2n) is 4.50. The van der Waals surface area contributed by atoms with Crippen molar-refractivity contribution in [2.75, 3.05) is 0 Å². The SMILES string of the molecule is Oc1ccc2ccccc2c1C=NSc1ccc(Br)cc1. The van der Waals surface area contributed by atoms with E-state index in [1.54, 1.807) is 12.3 Å². The van der Waals surface area contributed by atoms with E-state index in [-0.39, 0.29) is 5.75 Å². The highest BCUT2D eigenvalue weighted by Crippen LogP contribution is 2.27. The fraction of sp³-hybridized carbons (Fsp3) is 0. The van der Waals surface area contributed by atoms with Gasteiger partial charge in [0.25, 0.3) is 0 Å². The molecule has 0 aliphatic rings. The molecule has 0 aromatic heterocycles. The van der Waals surface area contributed by atoms with Crippen molar-refractivity contribution in [2.45, 2.75) is 4.90 Å². The number of rotatable bonds is 3. The van der Waals surface area contributed by atoms with Gasteiger partial charge in [-0.1, -0.05) is 46.3 Å². The van der Waals surface area contributed by atoms with Gasteiger partial charge in [-0.25, -0.2) is 4.40 Å². The van der Waals surface area contributed by atoms with Crippen LogP contribution in [0.4, 0.5) is 0 Å². The summed E-state index contributed by atoms with van der Waals surface area (Å²) in [5.74, 6) is 0.244. The molecule has 21 heavy (non-hydrogen) atoms. The third-order valence-corrected chi connectivity index (χ3v) is 4.32. The van der Waals surface area contributed by atoms with Crippen molar-refractivity contribution in [1.82, 2.24) is 0 Å². The van der Waals surface area contributed by atoms with Crippen molar-refractivity contribution >= 4 is 44.9 Å². The minimum absolute atomic E-state index is 0.244. The molecule has 0 fully saturated rings. The lowest BCUT2D eigenvalue weighted by molar-refractivity contribution is 0.475. The van der Waals surface area contributed by atoms with Crippen LogP contribution < -0.4 is 0 Å². The Kier molecular flexibility index (Phi) is 4.27. The van der Waals surface area contributed by atoms with Crippen LogP contribution in [0.2, 0.25) is 0 Å². The highest BCUT2D eigenvalue weighted by atomic mass is 79.9. The fourth-order valence-corrected chi connectivity index (χ4v) is 2.86. The van der Waals surface area contributed by atoms with E-state index in [4.69, 9.17) is 0 Å². The predicted octanol–water partition coefficient (Wildman–Crippen LogP) is 5.43. The molecule has 2 nitrogen and oxygen atoms in total. The smallest absolute Gasteiger partial charge is 0.125 e. The van der Waals surface area contributed by atoms with E-state index in [0.29, 0.717) is 0 Å². The van der Waals surface area contributed by atoms with Crippen molar-refractivity contribution in [1.29, 1.82) is 0 Å². The van der Waals surface area contributed by atoms with Gasteiger partial charge in [0.1, 0.15) is 5.75 Å². The first-order valence-electron chi connectivity index (χ1n) is 6.41. The summed E-state index contributed by atoms with van der Waals surface area (Å²) in [6.45, 7) is 0. The molecule has 3 rings (SSSR count). The molecule has 0 radical (unpaired) electrons. The minimum atomic E-state index is 0.244. The van der Waals surface area contributed by atoms with E-state index in [1.165, 1.54) is 11.9 Å². The number of phenols is 1. The van der Waals surface area contributed by atoms with Crippen molar-refractivity contribution in [3.8, 4) is 5.75 Å². The average molecular weight is 358 g/mol. The van der Waals surface area contributed by atoms with Crippen LogP contribution in [0, 0.1) is 0 Å². The highest BCUT2D eigenvalue weighted by molar-refractivity contribution is 9.10. The molecule has 0 saturated heterocycles. The molecule has 0 spiro atoms. The van der Waals surface area contributed by atoms with E-state index < -0.39 is 0 Å². The van der Waals surface area contributed by atoms with Crippen LogP contribution in [0.25, 0.3) is 10.8 Å². The van der Waals surface area contributed by atoms with Crippen LogP contribution in [0.15, 0.2) is 74.4 Å². The van der Waals surface area contributed by atoms with Gasteiger partial charge in [-0.05, 0) is 41.1 Å². The zero-order chi connectivity index (χ0) is 14.7. The van der Waals surface area contributed by atoms with Crippen molar-refractivity contribution in [2.24, 2.45) is 4.40 Å². The largest absolute Gasteiger partial charge is 0.507 e. The minimum Gasteiger partial charge on any atom is -0.507 e. The fourth-order valence-electron chi connectivity index (χ4n) is 2.06. The maximum absolute atomic E-state index is 10.0. The first kappa shape index (κ1) is 14.2. The molecule has 3 aromatic carbocycles. The average Bonchev–Trinajstić information content (AvgIpc) is 2.51. The van der Waals surface area contributed by atoms with Gasteiger partial charge in [0.2, 0.25) is 0 Å². The molecular weight excluding hydrogens is 346 g/mol. The Morgan fingerprint density at radius 3 is 2.52 bits per heavy atom. The third-order valence-electron chi connectivity index (χ3n) is 3.10. The summed E-state index contributed by atoms with van der Waals surface area (Å²) in [6.07, 6.45) is 1.71. The molecule has 0 bridgehead atoms. The topological polar surface area (TPSA) is 32.6 Å². The molecule has 0 aliphatic carbocycles. The Balaban J connectivity index is 1.89. The van der Waals surface area contributed by atoms with E-state index in [9.17, 15) is 5.11 Å². The molecule has 0 unspecified atom stereocenters. The highest BCUT2D eigenvalue weighted by Gasteiger charge is 2.04. The van der Waals surface area contributed by atoms with E-state index in [2.05, 4.69) is 20.3 Å². The number of benzene rings is 3. The summed E-state index contributed by atoms with van der Waals surface area (Å²) in [5.41, 5.74) is 0.748. The maximum atomic E-state index is 10.0. The number of aromatic hydroxyl groups is 1. The third kappa shape index (κ3) is 3.28. The van der Waals surface area contributed by atoms with Gasteiger partial charge in [0.05, 0.1) is 0 Å². The van der Waals surface area contributed by atoms with Crippen LogP contribution in [0.3, 0.4) is 0 Å². The molecule has 0 atom stereocenters. The molecule has 0 heterocycles. The van der Waals surface area contributed by atoms with Crippen molar-refractivity contribution < 1.29 is 5.11 Å². The molecule has 0 aliphatic heterocycles. The summed E-state index contributed by atoms with van der Waals surface area (Å²) in [4.78, 5) is 1.05. The summed E-state index contributed by atoms with van der Waals surface area (Å²) in [5, 5.41) is 12.1. The van der Waals surface area contributed by atoms with Gasteiger partial charge in [0.15, 0.2) is 0 Å². The molecule has 1 N–H and O–H groups in total. The van der Waals surface area contributed by atoms with Crippen LogP contribution >= 0.6 is 27.9 Å². The second kappa shape index (κ2) is 6.33. The lowest BCUT2D eigenvalue weighted by atomic mass is 10.0. The number of hydrogen-bond acceptors (Lipinski definition) is 3. The molecular formula is C17H12BrNOS. The van der Waals surface area contributed by atoms with Crippen molar-refractivity contribution in [3.05, 3.63) is 70.7 Å². The van der Waals surface area contributed by atoms with Crippen molar-refractivity contribution in [3.63, 3.8) is 0 Å². The number of fused-ring (bicyclic) bond motifs is 1. The summed E-state index contributed by atoms with van der Waals surface area (Å²) in [7, 11) is 0. The maximum Gasteiger partial charge on any atom is 0.125 e. The lowest BCUT2D eigenvalue weighted by Gasteiger charge is -2.04. The Hall–Kier alpha value is -1.78. The van der Waals surface area contributed by atoms with Gasteiger partial charge in [-0.2, -0.15) is 0 Å². The Bertz CT molecular complexity index is 799. The second-order valence-corrected chi connectivity index (χ2v) is 6.28. The number of nitrogens with zero attached hydrogens (tertiary/aromatic N) is 1. The van der Waals surface area contributed by atoms with Crippen LogP contribution in [-0.2, 0) is 0 Å². The van der Waals surface area contributed by atoms with Gasteiger partial charge < -0.3 is 5.11 Å². The predicted molar refractivity (Wildman–Crippen MR) is 93.2 cm³/mol. The van der Waals surface area contributed by atoms with E-state index >= 15 is 0 Å². The molecule has 3 aromatic rings. The van der Waals surface area contributed by atoms with Gasteiger partial charge in [-0.15, -0.1) is 0 Å². The lowest BCUT2D eigenvalue weighted by Crippen LogP contribution is -1.85. The zero-order valence-corrected chi connectivity index (χ0v) is 13.4. The standard InChI is InChI=1S/C17H12BrNOS/c18-13-6-8-14(9-7-13)21-19-11-16-15-4-2-1-3-12(15)5-10-17(16)20/h1-11,20H. The molecule has 0 saturated carbocycles. The number of hydrogen-bond donors (Lipinski definition) is 1. The quantitative estimate of drug-likeness (QED) is 0.500. The molecule has 4 heteroatoms. The summed E-state index contributed by atoms with van der Waals surface area (Å²) >= 11 is 4.78. The van der Waals surface area contributed by atoms with Crippen LogP contribution in [-0.4, -0.2) is 11.3 Å². The summed E-state index contributed by atoms with van der Waals surface area (Å²) in [6, 6.07) is 19.5. The first-order valence-corrected chi connectivity index (χ1v) is 7.97. The van der Waals surface area contributed by atoms with E-state index in [1.807, 2.05) is 54.6 Å². The van der Waals surface area contributed by atoms with Gasteiger partial charge >= 0.3 is 0 Å². The Morgan fingerprint density at radius 2 is 1.71 bits per heavy atom. The monoisotopic (exact) mass is 357 g/mol. The normalized spacial score (nSPS) is 11.3. The Morgan fingerprint density at radius 1 is 0.952 bits per heavy atom. The number of phenolic OH excluding ortho intramolecular Hbond substituents is 1. The molecule has 0 amide bonds. The van der Waals surface area contributed by atoms with Crippen LogP contribution in [0.1, 0.15) is 5.56 Å². The summed E-state index contributed by atoms with van der Waals surface area (Å²) < 4.78 is 5.41. The van der Waals surface area contributed by atoms with Crippen LogP contribution in [0.5, 0.6) is 5.75 Å². The first-order chi connectivity index (χ1) is 10.2. The van der Waals surface area contributed by atoms with E-state index in [0.717, 1.165) is 25.7 Å². The Labute approximate surface area is 135 Å². The van der Waals surface area contributed by atoms with Gasteiger partial charge in [-0.3, -0.25) is 0 Å². The number of halogens is 1. The zero-order valence-electron chi connectivity index (χ0n) is 11.0.